The van der Waals surface area contributed by atoms with Crippen molar-refractivity contribution in [1.82, 2.24) is 0 Å². The monoisotopic (exact) mass is 258 g/mol. The Kier molecular flexibility index (Phi) is 5.59. The van der Waals surface area contributed by atoms with Gasteiger partial charge in [-0.2, -0.15) is 0 Å². The van der Waals surface area contributed by atoms with Crippen LogP contribution in [0.3, 0.4) is 0 Å². The molecule has 1 unspecified atom stereocenters. The number of carbonyl (C=O) groups is 1. The van der Waals surface area contributed by atoms with Gasteiger partial charge in [0.15, 0.2) is 0 Å². The van der Waals surface area contributed by atoms with Gasteiger partial charge in [0.2, 0.25) is 0 Å². The largest absolute Gasteiger partial charge is 0.385 e. The highest BCUT2D eigenvalue weighted by molar-refractivity contribution is 6.30. The fourth-order valence-electron chi connectivity index (χ4n) is 1.50. The number of halogens is 2. The number of Topliss-reactive ketones (excluding diaryl/α,β-unsaturated/α-hetero) is 1. The molecule has 1 rings (SSSR count). The van der Waals surface area contributed by atoms with Crippen molar-refractivity contribution in [3.8, 4) is 0 Å². The summed E-state index contributed by atoms with van der Waals surface area (Å²) in [6.07, 6.45) is 0.731. The van der Waals surface area contributed by atoms with Gasteiger partial charge in [-0.15, -0.1) is 0 Å². The molecule has 0 radical (unpaired) electrons. The quantitative estimate of drug-likeness (QED) is 0.783. The predicted molar refractivity (Wildman–Crippen MR) is 65.8 cm³/mol. The maximum absolute atomic E-state index is 13.6. The minimum atomic E-state index is -0.499. The highest BCUT2D eigenvalue weighted by Gasteiger charge is 2.16. The van der Waals surface area contributed by atoms with Crippen molar-refractivity contribution in [2.45, 2.75) is 19.8 Å². The van der Waals surface area contributed by atoms with Gasteiger partial charge in [0.25, 0.3) is 0 Å². The SMILES string of the molecule is COCCC(C)C(=O)Cc1cccc(Cl)c1F. The normalized spacial score (nSPS) is 12.5. The average Bonchev–Trinajstić information content (AvgIpc) is 2.31. The zero-order chi connectivity index (χ0) is 12.8. The van der Waals surface area contributed by atoms with Crippen LogP contribution in [0.2, 0.25) is 5.02 Å². The minimum absolute atomic E-state index is 0.00298. The van der Waals surface area contributed by atoms with Crippen molar-refractivity contribution in [2.75, 3.05) is 13.7 Å². The molecular formula is C13H16ClFO2. The van der Waals surface area contributed by atoms with E-state index in [4.69, 9.17) is 16.3 Å². The van der Waals surface area contributed by atoms with E-state index in [1.165, 1.54) is 6.07 Å². The molecule has 0 saturated heterocycles. The number of ether oxygens (including phenoxy) is 1. The van der Waals surface area contributed by atoms with Gasteiger partial charge in [0.05, 0.1) is 5.02 Å². The highest BCUT2D eigenvalue weighted by Crippen LogP contribution is 2.19. The van der Waals surface area contributed by atoms with E-state index in [9.17, 15) is 9.18 Å². The molecule has 0 amide bonds. The van der Waals surface area contributed by atoms with Gasteiger partial charge in [-0.1, -0.05) is 30.7 Å². The van der Waals surface area contributed by atoms with E-state index in [1.807, 2.05) is 6.92 Å². The van der Waals surface area contributed by atoms with Crippen molar-refractivity contribution >= 4 is 17.4 Å². The third kappa shape index (κ3) is 4.10. The summed E-state index contributed by atoms with van der Waals surface area (Å²) in [5.74, 6) is -0.627. The van der Waals surface area contributed by atoms with E-state index in [2.05, 4.69) is 0 Å². The molecule has 0 heterocycles. The zero-order valence-electron chi connectivity index (χ0n) is 10.0. The number of rotatable bonds is 6. The standard InChI is InChI=1S/C13H16ClFO2/c1-9(6-7-17-2)12(16)8-10-4-3-5-11(14)13(10)15/h3-5,9H,6-8H2,1-2H3. The van der Waals surface area contributed by atoms with Gasteiger partial charge >= 0.3 is 0 Å². The summed E-state index contributed by atoms with van der Waals surface area (Å²) in [6, 6.07) is 4.70. The summed E-state index contributed by atoms with van der Waals surface area (Å²) in [4.78, 5) is 11.8. The first-order chi connectivity index (χ1) is 8.06. The molecule has 0 fully saturated rings. The van der Waals surface area contributed by atoms with Crippen LogP contribution in [0.15, 0.2) is 18.2 Å². The fraction of sp³-hybridized carbons (Fsp3) is 0.462. The van der Waals surface area contributed by atoms with Gasteiger partial charge < -0.3 is 4.74 Å². The third-order valence-corrected chi connectivity index (χ3v) is 2.99. The Morgan fingerprint density at radius 3 is 2.88 bits per heavy atom. The molecule has 94 valence electrons. The molecule has 17 heavy (non-hydrogen) atoms. The molecule has 1 aromatic carbocycles. The molecule has 1 aromatic rings. The Labute approximate surface area is 106 Å². The van der Waals surface area contributed by atoms with Crippen LogP contribution < -0.4 is 0 Å². The second-order valence-corrected chi connectivity index (χ2v) is 4.45. The Morgan fingerprint density at radius 2 is 2.24 bits per heavy atom. The molecule has 4 heteroatoms. The van der Waals surface area contributed by atoms with Crippen molar-refractivity contribution in [3.63, 3.8) is 0 Å². The fourth-order valence-corrected chi connectivity index (χ4v) is 1.70. The Bertz CT molecular complexity index is 393. The Hall–Kier alpha value is -0.930. The van der Waals surface area contributed by atoms with Crippen LogP contribution >= 0.6 is 11.6 Å². The molecular weight excluding hydrogens is 243 g/mol. The van der Waals surface area contributed by atoms with Crippen LogP contribution in [-0.2, 0) is 16.0 Å². The van der Waals surface area contributed by atoms with E-state index in [0.717, 1.165) is 0 Å². The third-order valence-electron chi connectivity index (χ3n) is 2.70. The average molecular weight is 259 g/mol. The second-order valence-electron chi connectivity index (χ2n) is 4.04. The van der Waals surface area contributed by atoms with Gasteiger partial charge in [0, 0.05) is 26.1 Å². The van der Waals surface area contributed by atoms with E-state index in [0.29, 0.717) is 18.6 Å². The van der Waals surface area contributed by atoms with Crippen molar-refractivity contribution in [1.29, 1.82) is 0 Å². The van der Waals surface area contributed by atoms with Gasteiger partial charge in [0.1, 0.15) is 11.6 Å². The smallest absolute Gasteiger partial charge is 0.145 e. The lowest BCUT2D eigenvalue weighted by Crippen LogP contribution is -2.16. The molecule has 0 aromatic heterocycles. The van der Waals surface area contributed by atoms with E-state index < -0.39 is 5.82 Å². The molecule has 1 atom stereocenters. The number of hydrogen-bond donors (Lipinski definition) is 0. The summed E-state index contributed by atoms with van der Waals surface area (Å²) in [7, 11) is 1.59. The number of carbonyl (C=O) groups excluding carboxylic acids is 1. The first-order valence-corrected chi connectivity index (χ1v) is 5.88. The van der Waals surface area contributed by atoms with Crippen LogP contribution in [0.25, 0.3) is 0 Å². The molecule has 0 bridgehead atoms. The van der Waals surface area contributed by atoms with Crippen LogP contribution in [0.1, 0.15) is 18.9 Å². The lowest BCUT2D eigenvalue weighted by atomic mass is 9.97. The summed E-state index contributed by atoms with van der Waals surface area (Å²) in [5.41, 5.74) is 0.353. The topological polar surface area (TPSA) is 26.3 Å². The van der Waals surface area contributed by atoms with E-state index in [-0.39, 0.29) is 23.1 Å². The first-order valence-electron chi connectivity index (χ1n) is 5.50. The molecule has 0 aliphatic rings. The molecule has 0 spiro atoms. The minimum Gasteiger partial charge on any atom is -0.385 e. The lowest BCUT2D eigenvalue weighted by molar-refractivity contribution is -0.122. The molecule has 0 N–H and O–H groups in total. The second kappa shape index (κ2) is 6.72. The summed E-state index contributed by atoms with van der Waals surface area (Å²) in [5, 5.41) is 0.0554. The number of benzene rings is 1. The highest BCUT2D eigenvalue weighted by atomic mass is 35.5. The molecule has 0 aliphatic heterocycles. The van der Waals surface area contributed by atoms with Crippen LogP contribution in [0.4, 0.5) is 4.39 Å². The zero-order valence-corrected chi connectivity index (χ0v) is 10.8. The maximum atomic E-state index is 13.6. The first kappa shape index (κ1) is 14.1. The van der Waals surface area contributed by atoms with Crippen LogP contribution in [0.5, 0.6) is 0 Å². The summed E-state index contributed by atoms with van der Waals surface area (Å²) < 4.78 is 18.5. The van der Waals surface area contributed by atoms with Crippen LogP contribution in [0, 0.1) is 11.7 Å². The lowest BCUT2D eigenvalue weighted by Gasteiger charge is -2.10. The Balaban J connectivity index is 2.64. The molecule has 0 saturated carbocycles. The summed E-state index contributed by atoms with van der Waals surface area (Å²) >= 11 is 5.65. The Morgan fingerprint density at radius 1 is 1.53 bits per heavy atom. The maximum Gasteiger partial charge on any atom is 0.145 e. The predicted octanol–water partition coefficient (Wildman–Crippen LogP) is 3.26. The van der Waals surface area contributed by atoms with Crippen molar-refractivity contribution in [2.24, 2.45) is 5.92 Å². The van der Waals surface area contributed by atoms with Gasteiger partial charge in [-0.25, -0.2) is 4.39 Å². The van der Waals surface area contributed by atoms with Crippen molar-refractivity contribution < 1.29 is 13.9 Å². The number of methoxy groups -OCH3 is 1. The van der Waals surface area contributed by atoms with Crippen molar-refractivity contribution in [3.05, 3.63) is 34.6 Å². The van der Waals surface area contributed by atoms with Crippen LogP contribution in [-0.4, -0.2) is 19.5 Å². The van der Waals surface area contributed by atoms with E-state index >= 15 is 0 Å². The van der Waals surface area contributed by atoms with Gasteiger partial charge in [-0.3, -0.25) is 4.79 Å². The molecule has 2 nitrogen and oxygen atoms in total. The molecule has 0 aliphatic carbocycles. The number of ketones is 1. The van der Waals surface area contributed by atoms with Gasteiger partial charge in [-0.05, 0) is 18.1 Å². The summed E-state index contributed by atoms with van der Waals surface area (Å²) in [6.45, 7) is 2.36. The number of hydrogen-bond acceptors (Lipinski definition) is 2. The van der Waals surface area contributed by atoms with E-state index in [1.54, 1.807) is 19.2 Å².